The average Bonchev–Trinajstić information content (AvgIpc) is 3.36. The number of nitrogens with one attached hydrogen (secondary N) is 1. The van der Waals surface area contributed by atoms with Crippen LogP contribution in [0.4, 0.5) is 0 Å². The number of carbonyl (C=O) groups excluding carboxylic acids is 2. The summed E-state index contributed by atoms with van der Waals surface area (Å²) < 4.78 is 5.49. The maximum Gasteiger partial charge on any atom is 0.305 e. The third-order valence-corrected chi connectivity index (χ3v) is 14.8. The monoisotopic (exact) mass is 986 g/mol. The highest BCUT2D eigenvalue weighted by atomic mass is 16.5. The summed E-state index contributed by atoms with van der Waals surface area (Å²) in [5.41, 5.74) is 0. The molecule has 2 atom stereocenters. The second-order valence-electron chi connectivity index (χ2n) is 21.7. The fourth-order valence-corrected chi connectivity index (χ4v) is 9.91. The predicted octanol–water partition coefficient (Wildman–Crippen LogP) is 19.8. The van der Waals surface area contributed by atoms with E-state index in [1.54, 1.807) is 0 Å². The molecule has 2 unspecified atom stereocenters. The summed E-state index contributed by atoms with van der Waals surface area (Å²) in [5.74, 6) is -0.0422. The van der Waals surface area contributed by atoms with Crippen molar-refractivity contribution in [2.45, 2.75) is 360 Å². The molecule has 70 heavy (non-hydrogen) atoms. The summed E-state index contributed by atoms with van der Waals surface area (Å²) in [5, 5.41) is 23.4. The third-order valence-electron chi connectivity index (χ3n) is 14.8. The molecule has 0 saturated heterocycles. The molecule has 0 aliphatic heterocycles. The van der Waals surface area contributed by atoms with E-state index in [4.69, 9.17) is 4.74 Å². The van der Waals surface area contributed by atoms with Crippen LogP contribution in [0.1, 0.15) is 348 Å². The molecule has 3 N–H and O–H groups in total. The Bertz CT molecular complexity index is 1090. The number of allylic oxidation sites excluding steroid dienone is 4. The molecular formula is C64H123NO5. The van der Waals surface area contributed by atoms with Crippen LogP contribution in [0, 0.1) is 0 Å². The molecule has 0 aromatic carbocycles. The van der Waals surface area contributed by atoms with Crippen LogP contribution in [-0.4, -0.2) is 47.4 Å². The van der Waals surface area contributed by atoms with Crippen molar-refractivity contribution < 1.29 is 24.5 Å². The van der Waals surface area contributed by atoms with Gasteiger partial charge in [0.25, 0.3) is 0 Å². The van der Waals surface area contributed by atoms with Crippen molar-refractivity contribution >= 4 is 11.9 Å². The molecule has 0 saturated carbocycles. The van der Waals surface area contributed by atoms with Gasteiger partial charge in [0.1, 0.15) is 0 Å². The second-order valence-corrected chi connectivity index (χ2v) is 21.7. The largest absolute Gasteiger partial charge is 0.466 e. The van der Waals surface area contributed by atoms with Crippen molar-refractivity contribution in [1.82, 2.24) is 5.32 Å². The van der Waals surface area contributed by atoms with E-state index in [9.17, 15) is 19.8 Å². The number of aliphatic hydroxyl groups excluding tert-OH is 2. The Kier molecular flexibility index (Phi) is 58.5. The second kappa shape index (κ2) is 59.9. The van der Waals surface area contributed by atoms with Crippen LogP contribution in [-0.2, 0) is 14.3 Å². The highest BCUT2D eigenvalue weighted by Gasteiger charge is 2.20. The van der Waals surface area contributed by atoms with Crippen LogP contribution in [0.3, 0.4) is 0 Å². The number of aliphatic hydroxyl groups is 2. The third kappa shape index (κ3) is 55.7. The molecule has 0 rings (SSSR count). The summed E-state index contributed by atoms with van der Waals surface area (Å²) >= 11 is 0. The van der Waals surface area contributed by atoms with E-state index in [1.807, 2.05) is 0 Å². The van der Waals surface area contributed by atoms with Gasteiger partial charge in [-0.2, -0.15) is 0 Å². The lowest BCUT2D eigenvalue weighted by Crippen LogP contribution is -2.45. The molecule has 1 amide bonds. The van der Waals surface area contributed by atoms with Gasteiger partial charge in [0.15, 0.2) is 0 Å². The fourth-order valence-electron chi connectivity index (χ4n) is 9.91. The smallest absolute Gasteiger partial charge is 0.305 e. The zero-order valence-electron chi connectivity index (χ0n) is 47.3. The van der Waals surface area contributed by atoms with E-state index in [2.05, 4.69) is 43.5 Å². The number of unbranched alkanes of at least 4 members (excludes halogenated alkanes) is 44. The standard InChI is InChI=1S/C64H123NO5/c1-3-5-7-9-11-13-15-17-19-21-23-24-28-32-36-40-44-48-52-56-62(67)61(60-66)65-63(68)57-53-49-45-41-37-33-29-26-27-31-35-39-43-47-51-55-59-70-64(69)58-54-50-46-42-38-34-30-25-22-20-18-16-14-12-10-8-6-4-2/h14,16,20,22,61-62,66-67H,3-13,15,17-19,21,23-60H2,1-2H3,(H,65,68)/b16-14-,22-20-. The SMILES string of the molecule is CCCCCC/C=C\C/C=C\CCCCCCCCCC(=O)OCCCCCCCCCCCCCCCCCCC(=O)NC(CO)C(O)CCCCCCCCCCCCCCCCCCCCC. The molecule has 0 bridgehead atoms. The van der Waals surface area contributed by atoms with Gasteiger partial charge in [0.05, 0.1) is 25.4 Å². The zero-order chi connectivity index (χ0) is 50.7. The van der Waals surface area contributed by atoms with Gasteiger partial charge in [-0.1, -0.05) is 301 Å². The van der Waals surface area contributed by atoms with Gasteiger partial charge in [-0.25, -0.2) is 0 Å². The molecule has 6 heteroatoms. The Balaban J connectivity index is 3.42. The fraction of sp³-hybridized carbons (Fsp3) is 0.906. The average molecular weight is 987 g/mol. The highest BCUT2D eigenvalue weighted by molar-refractivity contribution is 5.76. The Hall–Kier alpha value is -1.66. The van der Waals surface area contributed by atoms with E-state index >= 15 is 0 Å². The van der Waals surface area contributed by atoms with Gasteiger partial charge in [-0.05, 0) is 57.8 Å². The number of ether oxygens (including phenoxy) is 1. The van der Waals surface area contributed by atoms with Gasteiger partial charge in [-0.15, -0.1) is 0 Å². The number of rotatable bonds is 59. The van der Waals surface area contributed by atoms with Crippen molar-refractivity contribution in [3.63, 3.8) is 0 Å². The first-order chi connectivity index (χ1) is 34.5. The van der Waals surface area contributed by atoms with E-state index in [1.165, 1.54) is 263 Å². The van der Waals surface area contributed by atoms with E-state index in [-0.39, 0.29) is 18.5 Å². The molecule has 414 valence electrons. The lowest BCUT2D eigenvalue weighted by Gasteiger charge is -2.22. The van der Waals surface area contributed by atoms with Gasteiger partial charge < -0.3 is 20.3 Å². The Morgan fingerprint density at radius 2 is 0.714 bits per heavy atom. The van der Waals surface area contributed by atoms with Crippen LogP contribution >= 0.6 is 0 Å². The first-order valence-corrected chi connectivity index (χ1v) is 31.6. The normalized spacial score (nSPS) is 12.7. The van der Waals surface area contributed by atoms with Crippen molar-refractivity contribution in [1.29, 1.82) is 0 Å². The summed E-state index contributed by atoms with van der Waals surface area (Å²) in [6.45, 7) is 4.95. The number of esters is 1. The first-order valence-electron chi connectivity index (χ1n) is 31.6. The molecule has 0 heterocycles. The minimum atomic E-state index is -0.670. The maximum atomic E-state index is 12.5. The van der Waals surface area contributed by atoms with E-state index in [0.29, 0.717) is 25.9 Å². The summed E-state index contributed by atoms with van der Waals surface area (Å²) in [4.78, 5) is 24.6. The number of amides is 1. The van der Waals surface area contributed by atoms with Crippen LogP contribution in [0.5, 0.6) is 0 Å². The maximum absolute atomic E-state index is 12.5. The molecule has 0 aliphatic rings. The summed E-state index contributed by atoms with van der Waals surface area (Å²) in [6, 6.07) is -0.548. The molecule has 0 fully saturated rings. The zero-order valence-corrected chi connectivity index (χ0v) is 47.3. The van der Waals surface area contributed by atoms with Gasteiger partial charge in [0.2, 0.25) is 5.91 Å². The molecule has 6 nitrogen and oxygen atoms in total. The van der Waals surface area contributed by atoms with Crippen molar-refractivity contribution in [3.05, 3.63) is 24.3 Å². The van der Waals surface area contributed by atoms with Crippen LogP contribution in [0.25, 0.3) is 0 Å². The predicted molar refractivity (Wildman–Crippen MR) is 306 cm³/mol. The molecule has 0 aliphatic carbocycles. The molecule has 0 spiro atoms. The van der Waals surface area contributed by atoms with Crippen LogP contribution in [0.15, 0.2) is 24.3 Å². The van der Waals surface area contributed by atoms with E-state index in [0.717, 1.165) is 51.4 Å². The summed E-state index contributed by atoms with van der Waals surface area (Å²) in [6.07, 6.45) is 73.2. The van der Waals surface area contributed by atoms with Crippen molar-refractivity contribution in [2.75, 3.05) is 13.2 Å². The van der Waals surface area contributed by atoms with Gasteiger partial charge in [-0.3, -0.25) is 9.59 Å². The highest BCUT2D eigenvalue weighted by Crippen LogP contribution is 2.18. The van der Waals surface area contributed by atoms with Gasteiger partial charge >= 0.3 is 5.97 Å². The number of hydrogen-bond donors (Lipinski definition) is 3. The van der Waals surface area contributed by atoms with Crippen molar-refractivity contribution in [2.24, 2.45) is 0 Å². The van der Waals surface area contributed by atoms with Crippen LogP contribution in [0.2, 0.25) is 0 Å². The summed E-state index contributed by atoms with van der Waals surface area (Å²) in [7, 11) is 0. The lowest BCUT2D eigenvalue weighted by atomic mass is 10.0. The molecular weight excluding hydrogens is 863 g/mol. The Labute approximate surface area is 437 Å². The minimum absolute atomic E-state index is 0.00330. The minimum Gasteiger partial charge on any atom is -0.466 e. The number of hydrogen-bond acceptors (Lipinski definition) is 5. The van der Waals surface area contributed by atoms with E-state index < -0.39 is 12.1 Å². The molecule has 0 radical (unpaired) electrons. The molecule has 0 aromatic heterocycles. The lowest BCUT2D eigenvalue weighted by molar-refractivity contribution is -0.143. The van der Waals surface area contributed by atoms with Crippen LogP contribution < -0.4 is 5.32 Å². The Morgan fingerprint density at radius 3 is 1.10 bits per heavy atom. The first kappa shape index (κ1) is 68.3. The topological polar surface area (TPSA) is 95.9 Å². The quantitative estimate of drug-likeness (QED) is 0.0321. The Morgan fingerprint density at radius 1 is 0.400 bits per heavy atom. The number of carbonyl (C=O) groups is 2. The molecule has 0 aromatic rings. The van der Waals surface area contributed by atoms with Gasteiger partial charge in [0, 0.05) is 12.8 Å². The van der Waals surface area contributed by atoms with Crippen molar-refractivity contribution in [3.8, 4) is 0 Å².